The van der Waals surface area contributed by atoms with E-state index >= 15 is 0 Å². The molecule has 24 heavy (non-hydrogen) atoms. The number of hydrogen-bond acceptors (Lipinski definition) is 2. The molecule has 0 saturated carbocycles. The highest BCUT2D eigenvalue weighted by Gasteiger charge is 2.20. The Morgan fingerprint density at radius 3 is 2.67 bits per heavy atom. The van der Waals surface area contributed by atoms with Crippen molar-refractivity contribution in [3.63, 3.8) is 0 Å². The van der Waals surface area contributed by atoms with E-state index in [2.05, 4.69) is 20.9 Å². The molecule has 0 unspecified atom stereocenters. The van der Waals surface area contributed by atoms with E-state index in [4.69, 9.17) is 4.74 Å². The van der Waals surface area contributed by atoms with Crippen LogP contribution in [0, 0.1) is 13.8 Å². The molecule has 0 fully saturated rings. The van der Waals surface area contributed by atoms with Crippen molar-refractivity contribution in [3.8, 4) is 17.0 Å². The van der Waals surface area contributed by atoms with Gasteiger partial charge in [0.15, 0.2) is 0 Å². The summed E-state index contributed by atoms with van der Waals surface area (Å²) >= 11 is 3.48. The van der Waals surface area contributed by atoms with Crippen LogP contribution in [-0.4, -0.2) is 23.2 Å². The monoisotopic (exact) mass is 387 g/mol. The number of halogens is 1. The summed E-state index contributed by atoms with van der Waals surface area (Å²) in [6.45, 7) is 4.09. The summed E-state index contributed by atoms with van der Waals surface area (Å²) in [5.74, 6) is -0.157. The van der Waals surface area contributed by atoms with Gasteiger partial charge in [0.2, 0.25) is 0 Å². The minimum absolute atomic E-state index is 0.0481. The molecule has 124 valence electrons. The van der Waals surface area contributed by atoms with E-state index < -0.39 is 5.97 Å². The molecule has 4 nitrogen and oxygen atoms in total. The number of carbonyl (C=O) groups is 1. The van der Waals surface area contributed by atoms with E-state index in [0.29, 0.717) is 5.75 Å². The summed E-state index contributed by atoms with van der Waals surface area (Å²) in [4.78, 5) is 14.8. The van der Waals surface area contributed by atoms with Crippen LogP contribution in [0.2, 0.25) is 0 Å². The summed E-state index contributed by atoms with van der Waals surface area (Å²) in [6, 6.07) is 9.72. The first kappa shape index (κ1) is 16.6. The summed E-state index contributed by atoms with van der Waals surface area (Å²) in [5.41, 5.74) is 5.67. The van der Waals surface area contributed by atoms with Gasteiger partial charge in [-0.15, -0.1) is 0 Å². The van der Waals surface area contributed by atoms with Crippen molar-refractivity contribution in [1.29, 1.82) is 0 Å². The first-order valence-corrected chi connectivity index (χ1v) is 8.38. The second-order valence-corrected chi connectivity index (χ2v) is 6.74. The first-order chi connectivity index (χ1) is 11.4. The zero-order chi connectivity index (χ0) is 17.4. The minimum atomic E-state index is -0.857. The number of aromatic nitrogens is 1. The van der Waals surface area contributed by atoms with Crippen LogP contribution >= 0.6 is 15.9 Å². The predicted molar refractivity (Wildman–Crippen MR) is 98.8 cm³/mol. The van der Waals surface area contributed by atoms with Gasteiger partial charge in [-0.3, -0.25) is 4.79 Å². The molecule has 2 aromatic carbocycles. The number of nitrogens with one attached hydrogen (secondary N) is 1. The molecule has 1 heterocycles. The first-order valence-electron chi connectivity index (χ1n) is 7.58. The quantitative estimate of drug-likeness (QED) is 0.672. The van der Waals surface area contributed by atoms with Crippen molar-refractivity contribution in [1.82, 2.24) is 4.98 Å². The second kappa shape index (κ2) is 6.32. The fourth-order valence-corrected chi connectivity index (χ4v) is 3.36. The second-order valence-electron chi connectivity index (χ2n) is 5.82. The molecule has 5 heteroatoms. The van der Waals surface area contributed by atoms with E-state index in [1.165, 1.54) is 5.56 Å². The molecule has 1 aromatic heterocycles. The zero-order valence-electron chi connectivity index (χ0n) is 13.7. The lowest BCUT2D eigenvalue weighted by Gasteiger charge is -2.09. The molecule has 0 spiro atoms. The summed E-state index contributed by atoms with van der Waals surface area (Å²) in [7, 11) is 1.61. The summed E-state index contributed by atoms with van der Waals surface area (Å²) in [6.07, 6.45) is -0.0481. The highest BCUT2D eigenvalue weighted by molar-refractivity contribution is 9.10. The van der Waals surface area contributed by atoms with Gasteiger partial charge in [0, 0.05) is 20.9 Å². The van der Waals surface area contributed by atoms with Crippen molar-refractivity contribution in [2.75, 3.05) is 7.11 Å². The van der Waals surface area contributed by atoms with Crippen molar-refractivity contribution in [2.45, 2.75) is 20.3 Å². The average Bonchev–Trinajstić information content (AvgIpc) is 2.89. The minimum Gasteiger partial charge on any atom is -0.496 e. The topological polar surface area (TPSA) is 62.3 Å². The molecule has 0 bridgehead atoms. The number of rotatable bonds is 4. The fourth-order valence-electron chi connectivity index (χ4n) is 3.00. The van der Waals surface area contributed by atoms with Crippen molar-refractivity contribution < 1.29 is 14.6 Å². The Hall–Kier alpha value is -2.27. The average molecular weight is 388 g/mol. The van der Waals surface area contributed by atoms with Crippen LogP contribution in [0.25, 0.3) is 22.2 Å². The zero-order valence-corrected chi connectivity index (χ0v) is 15.3. The smallest absolute Gasteiger partial charge is 0.307 e. The molecule has 2 N–H and O–H groups in total. The Kier molecular flexibility index (Phi) is 4.37. The molecule has 0 radical (unpaired) electrons. The largest absolute Gasteiger partial charge is 0.496 e. The molecule has 0 amide bonds. The number of aryl methyl sites for hydroxylation is 2. The van der Waals surface area contributed by atoms with Gasteiger partial charge in [0.1, 0.15) is 5.75 Å². The van der Waals surface area contributed by atoms with Gasteiger partial charge in [0.05, 0.1) is 19.2 Å². The summed E-state index contributed by atoms with van der Waals surface area (Å²) < 4.78 is 6.38. The number of H-pyrrole nitrogens is 1. The fraction of sp³-hybridized carbons (Fsp3) is 0.211. The normalized spacial score (nSPS) is 11.0. The molecule has 0 atom stereocenters. The molecule has 0 saturated heterocycles. The van der Waals surface area contributed by atoms with Gasteiger partial charge in [-0.05, 0) is 48.7 Å². The van der Waals surface area contributed by atoms with E-state index in [1.54, 1.807) is 7.11 Å². The Morgan fingerprint density at radius 1 is 1.25 bits per heavy atom. The van der Waals surface area contributed by atoms with Gasteiger partial charge in [-0.25, -0.2) is 0 Å². The van der Waals surface area contributed by atoms with E-state index in [9.17, 15) is 9.90 Å². The highest BCUT2D eigenvalue weighted by Crippen LogP contribution is 2.38. The lowest BCUT2D eigenvalue weighted by Crippen LogP contribution is -2.01. The maximum Gasteiger partial charge on any atom is 0.307 e. The van der Waals surface area contributed by atoms with Gasteiger partial charge < -0.3 is 14.8 Å². The number of hydrogen-bond donors (Lipinski definition) is 2. The molecule has 0 aliphatic carbocycles. The van der Waals surface area contributed by atoms with Crippen molar-refractivity contribution in [3.05, 3.63) is 51.5 Å². The predicted octanol–water partition coefficient (Wildman–Crippen LogP) is 4.85. The Bertz CT molecular complexity index is 943. The van der Waals surface area contributed by atoms with Crippen LogP contribution in [0.1, 0.15) is 16.7 Å². The van der Waals surface area contributed by atoms with Crippen LogP contribution < -0.4 is 4.74 Å². The lowest BCUT2D eigenvalue weighted by molar-refractivity contribution is -0.136. The maximum atomic E-state index is 11.4. The molecular weight excluding hydrogens is 370 g/mol. The van der Waals surface area contributed by atoms with Crippen LogP contribution in [0.5, 0.6) is 5.75 Å². The molecular formula is C19H18BrNO3. The van der Waals surface area contributed by atoms with Crippen LogP contribution in [0.15, 0.2) is 34.8 Å². The number of aliphatic carboxylic acids is 1. The Morgan fingerprint density at radius 2 is 2.00 bits per heavy atom. The number of fused-ring (bicyclic) bond motifs is 1. The third kappa shape index (κ3) is 2.80. The van der Waals surface area contributed by atoms with Crippen LogP contribution in [0.3, 0.4) is 0 Å². The lowest BCUT2D eigenvalue weighted by atomic mass is 10.00. The number of ether oxygens (including phenoxy) is 1. The number of carboxylic acids is 1. The number of aromatic amines is 1. The molecule has 3 aromatic rings. The third-order valence-corrected chi connectivity index (χ3v) is 4.86. The van der Waals surface area contributed by atoms with Crippen LogP contribution in [0.4, 0.5) is 0 Å². The van der Waals surface area contributed by atoms with E-state index in [1.807, 2.05) is 44.2 Å². The van der Waals surface area contributed by atoms with Crippen LogP contribution in [-0.2, 0) is 11.2 Å². The highest BCUT2D eigenvalue weighted by atomic mass is 79.9. The van der Waals surface area contributed by atoms with Gasteiger partial charge in [0.25, 0.3) is 0 Å². The maximum absolute atomic E-state index is 11.4. The van der Waals surface area contributed by atoms with Gasteiger partial charge in [-0.1, -0.05) is 28.1 Å². The Balaban J connectivity index is 2.37. The SMILES string of the molecule is COc1ccc(Br)cc1-c1[nH]c2c(C)c(C)ccc2c1CC(=O)O. The van der Waals surface area contributed by atoms with Gasteiger partial charge >= 0.3 is 5.97 Å². The van der Waals surface area contributed by atoms with Gasteiger partial charge in [-0.2, -0.15) is 0 Å². The number of benzene rings is 2. The van der Waals surface area contributed by atoms with E-state index in [-0.39, 0.29) is 6.42 Å². The number of carboxylic acid groups (broad SMARTS) is 1. The third-order valence-electron chi connectivity index (χ3n) is 4.37. The molecule has 3 rings (SSSR count). The Labute approximate surface area is 148 Å². The van der Waals surface area contributed by atoms with Crippen molar-refractivity contribution >= 4 is 32.8 Å². The van der Waals surface area contributed by atoms with Crippen molar-refractivity contribution in [2.24, 2.45) is 0 Å². The standard InChI is InChI=1S/C19H18BrNO3/c1-10-4-6-13-14(9-17(22)23)19(21-18(13)11(10)2)15-8-12(20)5-7-16(15)24-3/h4-8,21H,9H2,1-3H3,(H,22,23). The molecule has 0 aliphatic heterocycles. The number of methoxy groups -OCH3 is 1. The van der Waals surface area contributed by atoms with E-state index in [0.717, 1.165) is 37.8 Å². The molecule has 0 aliphatic rings. The summed E-state index contributed by atoms with van der Waals surface area (Å²) in [5, 5.41) is 10.3.